The summed E-state index contributed by atoms with van der Waals surface area (Å²) in [6.07, 6.45) is 1.72. The normalized spacial score (nSPS) is 10.2. The summed E-state index contributed by atoms with van der Waals surface area (Å²) in [6.45, 7) is 0. The molecule has 3 rings (SSSR count). The van der Waals surface area contributed by atoms with Crippen molar-refractivity contribution in [3.05, 3.63) is 60.8 Å². The van der Waals surface area contributed by atoms with E-state index in [2.05, 4.69) is 15.3 Å². The smallest absolute Gasteiger partial charge is 0.227 e. The van der Waals surface area contributed by atoms with Crippen molar-refractivity contribution in [2.45, 2.75) is 0 Å². The summed E-state index contributed by atoms with van der Waals surface area (Å²) >= 11 is 0. The Kier molecular flexibility index (Phi) is 3.87. The number of nitrogens with zero attached hydrogens (tertiary/aromatic N) is 2. The first-order chi connectivity index (χ1) is 10.7. The van der Waals surface area contributed by atoms with Gasteiger partial charge in [-0.25, -0.2) is 9.97 Å². The van der Waals surface area contributed by atoms with Gasteiger partial charge in [-0.05, 0) is 30.3 Å². The van der Waals surface area contributed by atoms with Gasteiger partial charge in [0, 0.05) is 29.2 Å². The number of nitrogen functional groups attached to an aromatic ring is 1. The van der Waals surface area contributed by atoms with E-state index >= 15 is 0 Å². The first kappa shape index (κ1) is 13.9. The van der Waals surface area contributed by atoms with Gasteiger partial charge in [-0.2, -0.15) is 0 Å². The van der Waals surface area contributed by atoms with Crippen molar-refractivity contribution in [1.82, 2.24) is 9.97 Å². The Morgan fingerprint density at radius 2 is 1.91 bits per heavy atom. The average molecular weight is 292 g/mol. The third-order valence-corrected chi connectivity index (χ3v) is 3.16. The molecule has 0 fully saturated rings. The number of aromatic nitrogens is 2. The molecule has 3 N–H and O–H groups in total. The van der Waals surface area contributed by atoms with Crippen molar-refractivity contribution in [1.29, 1.82) is 0 Å². The van der Waals surface area contributed by atoms with E-state index in [1.807, 2.05) is 54.6 Å². The first-order valence-electron chi connectivity index (χ1n) is 6.84. The van der Waals surface area contributed by atoms with Crippen LogP contribution >= 0.6 is 0 Å². The second-order valence-corrected chi connectivity index (χ2v) is 4.75. The fourth-order valence-corrected chi connectivity index (χ4v) is 2.11. The highest BCUT2D eigenvalue weighted by Gasteiger charge is 2.04. The highest BCUT2D eigenvalue weighted by atomic mass is 16.5. The molecule has 1 heterocycles. The predicted molar refractivity (Wildman–Crippen MR) is 88.2 cm³/mol. The van der Waals surface area contributed by atoms with Gasteiger partial charge in [0.05, 0.1) is 12.8 Å². The standard InChI is InChI=1S/C17H16N4O/c1-22-15-7-3-6-14(11-15)20-17-19-9-8-16(21-17)12-4-2-5-13(18)10-12/h2-11H,18H2,1H3,(H,19,20,21). The third-order valence-electron chi connectivity index (χ3n) is 3.16. The third kappa shape index (κ3) is 3.15. The van der Waals surface area contributed by atoms with Gasteiger partial charge in [-0.3, -0.25) is 0 Å². The van der Waals surface area contributed by atoms with Crippen LogP contribution in [0.1, 0.15) is 0 Å². The highest BCUT2D eigenvalue weighted by Crippen LogP contribution is 2.22. The monoisotopic (exact) mass is 292 g/mol. The van der Waals surface area contributed by atoms with E-state index in [0.717, 1.165) is 22.7 Å². The van der Waals surface area contributed by atoms with E-state index in [1.54, 1.807) is 13.3 Å². The lowest BCUT2D eigenvalue weighted by Crippen LogP contribution is -1.98. The molecule has 0 radical (unpaired) electrons. The van der Waals surface area contributed by atoms with Crippen LogP contribution in [-0.2, 0) is 0 Å². The van der Waals surface area contributed by atoms with Crippen LogP contribution in [0.3, 0.4) is 0 Å². The van der Waals surface area contributed by atoms with E-state index in [-0.39, 0.29) is 0 Å². The lowest BCUT2D eigenvalue weighted by Gasteiger charge is -2.08. The van der Waals surface area contributed by atoms with E-state index in [0.29, 0.717) is 11.6 Å². The van der Waals surface area contributed by atoms with E-state index < -0.39 is 0 Å². The number of rotatable bonds is 4. The Balaban J connectivity index is 1.88. The molecule has 110 valence electrons. The molecule has 0 atom stereocenters. The Labute approximate surface area is 128 Å². The van der Waals surface area contributed by atoms with Crippen LogP contribution in [0.5, 0.6) is 5.75 Å². The molecule has 0 aliphatic rings. The van der Waals surface area contributed by atoms with Gasteiger partial charge in [0.25, 0.3) is 0 Å². The lowest BCUT2D eigenvalue weighted by molar-refractivity contribution is 0.415. The van der Waals surface area contributed by atoms with Crippen molar-refractivity contribution < 1.29 is 4.74 Å². The van der Waals surface area contributed by atoms with Gasteiger partial charge in [-0.1, -0.05) is 18.2 Å². The molecule has 0 aliphatic heterocycles. The molecule has 0 saturated heterocycles. The second-order valence-electron chi connectivity index (χ2n) is 4.75. The second kappa shape index (κ2) is 6.13. The Bertz CT molecular complexity index is 789. The Morgan fingerprint density at radius 1 is 1.05 bits per heavy atom. The average Bonchev–Trinajstić information content (AvgIpc) is 2.55. The molecule has 0 spiro atoms. The van der Waals surface area contributed by atoms with Gasteiger partial charge >= 0.3 is 0 Å². The summed E-state index contributed by atoms with van der Waals surface area (Å²) < 4.78 is 5.20. The van der Waals surface area contributed by atoms with Crippen molar-refractivity contribution in [3.8, 4) is 17.0 Å². The van der Waals surface area contributed by atoms with Gasteiger partial charge in [0.2, 0.25) is 5.95 Å². The maximum absolute atomic E-state index is 5.82. The minimum atomic E-state index is 0.521. The molecular weight excluding hydrogens is 276 g/mol. The minimum absolute atomic E-state index is 0.521. The molecular formula is C17H16N4O. The van der Waals surface area contributed by atoms with Crippen LogP contribution in [0, 0.1) is 0 Å². The maximum atomic E-state index is 5.82. The quantitative estimate of drug-likeness (QED) is 0.720. The van der Waals surface area contributed by atoms with Gasteiger partial charge in [0.15, 0.2) is 0 Å². The maximum Gasteiger partial charge on any atom is 0.227 e. The largest absolute Gasteiger partial charge is 0.497 e. The summed E-state index contributed by atoms with van der Waals surface area (Å²) in [6, 6.07) is 17.1. The van der Waals surface area contributed by atoms with E-state index in [9.17, 15) is 0 Å². The summed E-state index contributed by atoms with van der Waals surface area (Å²) in [5, 5.41) is 3.17. The molecule has 5 nitrogen and oxygen atoms in total. The summed E-state index contributed by atoms with van der Waals surface area (Å²) in [7, 11) is 1.63. The van der Waals surface area contributed by atoms with Crippen molar-refractivity contribution in [2.24, 2.45) is 0 Å². The molecule has 3 aromatic rings. The fraction of sp³-hybridized carbons (Fsp3) is 0.0588. The molecule has 0 bridgehead atoms. The molecule has 0 amide bonds. The molecule has 0 aliphatic carbocycles. The zero-order chi connectivity index (χ0) is 15.4. The molecule has 0 unspecified atom stereocenters. The topological polar surface area (TPSA) is 73.1 Å². The molecule has 2 aromatic carbocycles. The molecule has 22 heavy (non-hydrogen) atoms. The van der Waals surface area contributed by atoms with Crippen LogP contribution < -0.4 is 15.8 Å². The van der Waals surface area contributed by atoms with E-state index in [1.165, 1.54) is 0 Å². The molecule has 5 heteroatoms. The summed E-state index contributed by atoms with van der Waals surface area (Å²) in [5.74, 6) is 1.30. The lowest BCUT2D eigenvalue weighted by atomic mass is 10.1. The number of nitrogens with one attached hydrogen (secondary N) is 1. The summed E-state index contributed by atoms with van der Waals surface area (Å²) in [5.41, 5.74) is 9.16. The van der Waals surface area contributed by atoms with Crippen molar-refractivity contribution in [3.63, 3.8) is 0 Å². The number of anilines is 3. The van der Waals surface area contributed by atoms with Crippen LogP contribution in [0.2, 0.25) is 0 Å². The highest BCUT2D eigenvalue weighted by molar-refractivity contribution is 5.65. The number of hydrogen-bond donors (Lipinski definition) is 2. The number of hydrogen-bond acceptors (Lipinski definition) is 5. The summed E-state index contributed by atoms with van der Waals surface area (Å²) in [4.78, 5) is 8.76. The molecule has 1 aromatic heterocycles. The number of benzene rings is 2. The van der Waals surface area contributed by atoms with Gasteiger partial charge < -0.3 is 15.8 Å². The number of nitrogens with two attached hydrogens (primary N) is 1. The van der Waals surface area contributed by atoms with Gasteiger partial charge in [0.1, 0.15) is 5.75 Å². The predicted octanol–water partition coefficient (Wildman–Crippen LogP) is 3.48. The molecule has 0 saturated carbocycles. The first-order valence-corrected chi connectivity index (χ1v) is 6.84. The van der Waals surface area contributed by atoms with Crippen LogP contribution in [0.15, 0.2) is 60.8 Å². The van der Waals surface area contributed by atoms with Crippen molar-refractivity contribution in [2.75, 3.05) is 18.2 Å². The SMILES string of the molecule is COc1cccc(Nc2nccc(-c3cccc(N)c3)n2)c1. The Hall–Kier alpha value is -3.08. The number of ether oxygens (including phenoxy) is 1. The fourth-order valence-electron chi connectivity index (χ4n) is 2.11. The van der Waals surface area contributed by atoms with Crippen LogP contribution in [-0.4, -0.2) is 17.1 Å². The number of methoxy groups -OCH3 is 1. The van der Waals surface area contributed by atoms with Gasteiger partial charge in [-0.15, -0.1) is 0 Å². The minimum Gasteiger partial charge on any atom is -0.497 e. The van der Waals surface area contributed by atoms with Crippen LogP contribution in [0.25, 0.3) is 11.3 Å². The zero-order valence-electron chi connectivity index (χ0n) is 12.2. The van der Waals surface area contributed by atoms with Crippen LogP contribution in [0.4, 0.5) is 17.3 Å². The van der Waals surface area contributed by atoms with Crippen molar-refractivity contribution >= 4 is 17.3 Å². The van der Waals surface area contributed by atoms with E-state index in [4.69, 9.17) is 10.5 Å². The Morgan fingerprint density at radius 3 is 2.73 bits per heavy atom. The zero-order valence-corrected chi connectivity index (χ0v) is 12.2.